The van der Waals surface area contributed by atoms with Crippen LogP contribution in [0.2, 0.25) is 0 Å². The number of benzene rings is 1. The molecule has 1 N–H and O–H groups in total. The molecule has 1 aromatic carbocycles. The van der Waals surface area contributed by atoms with E-state index in [4.69, 9.17) is 4.74 Å². The maximum absolute atomic E-state index is 12.5. The summed E-state index contributed by atoms with van der Waals surface area (Å²) in [4.78, 5) is 14.5. The van der Waals surface area contributed by atoms with Gasteiger partial charge in [-0.15, -0.1) is 0 Å². The average molecular weight is 260 g/mol. The lowest BCUT2D eigenvalue weighted by Crippen LogP contribution is -2.49. The number of hydrogen-bond donors (Lipinski definition) is 1. The van der Waals surface area contributed by atoms with Gasteiger partial charge in [0.05, 0.1) is 12.6 Å². The molecule has 1 amide bonds. The van der Waals surface area contributed by atoms with Crippen molar-refractivity contribution < 1.29 is 9.53 Å². The third-order valence-electron chi connectivity index (χ3n) is 3.92. The summed E-state index contributed by atoms with van der Waals surface area (Å²) in [5.41, 5.74) is 1.23. The smallest absolute Gasteiger partial charge is 0.253 e. The van der Waals surface area contributed by atoms with Gasteiger partial charge in [-0.1, -0.05) is 30.3 Å². The van der Waals surface area contributed by atoms with Crippen molar-refractivity contribution in [2.24, 2.45) is 0 Å². The van der Waals surface area contributed by atoms with E-state index in [0.29, 0.717) is 13.2 Å². The average Bonchev–Trinajstić information content (AvgIpc) is 2.98. The normalized spacial score (nSPS) is 27.5. The first-order valence-electron chi connectivity index (χ1n) is 7.04. The van der Waals surface area contributed by atoms with Gasteiger partial charge in [-0.3, -0.25) is 4.79 Å². The molecule has 2 unspecified atom stereocenters. The van der Waals surface area contributed by atoms with E-state index >= 15 is 0 Å². The molecule has 2 fully saturated rings. The molecule has 4 heteroatoms. The number of morpholine rings is 1. The van der Waals surface area contributed by atoms with Crippen LogP contribution in [-0.2, 0) is 9.53 Å². The van der Waals surface area contributed by atoms with E-state index in [1.54, 1.807) is 0 Å². The molecule has 0 spiro atoms. The molecule has 2 aliphatic rings. The minimum absolute atomic E-state index is 0.138. The highest BCUT2D eigenvalue weighted by molar-refractivity contribution is 5.82. The lowest BCUT2D eigenvalue weighted by molar-refractivity contribution is -0.146. The number of hydrogen-bond acceptors (Lipinski definition) is 3. The van der Waals surface area contributed by atoms with Gasteiger partial charge in [0.1, 0.15) is 6.10 Å². The first-order valence-corrected chi connectivity index (χ1v) is 7.04. The number of carbonyl (C=O) groups is 1. The second kappa shape index (κ2) is 5.72. The molecule has 0 saturated carbocycles. The molecule has 3 rings (SSSR count). The Hall–Kier alpha value is -1.39. The van der Waals surface area contributed by atoms with Gasteiger partial charge < -0.3 is 15.0 Å². The largest absolute Gasteiger partial charge is 0.366 e. The first-order chi connectivity index (χ1) is 9.36. The van der Waals surface area contributed by atoms with E-state index in [1.807, 2.05) is 23.1 Å². The minimum atomic E-state index is -0.307. The molecule has 0 aliphatic carbocycles. The van der Waals surface area contributed by atoms with Crippen LogP contribution >= 0.6 is 0 Å². The van der Waals surface area contributed by atoms with E-state index in [0.717, 1.165) is 25.9 Å². The van der Waals surface area contributed by atoms with Crippen LogP contribution in [0.4, 0.5) is 0 Å². The van der Waals surface area contributed by atoms with Crippen molar-refractivity contribution in [2.75, 3.05) is 26.2 Å². The number of rotatable bonds is 2. The van der Waals surface area contributed by atoms with Crippen molar-refractivity contribution in [3.05, 3.63) is 35.9 Å². The predicted octanol–water partition coefficient (Wildman–Crippen LogP) is 1.34. The van der Waals surface area contributed by atoms with Gasteiger partial charge in [-0.2, -0.15) is 0 Å². The van der Waals surface area contributed by atoms with Crippen molar-refractivity contribution >= 4 is 5.91 Å². The molecule has 0 aromatic heterocycles. The summed E-state index contributed by atoms with van der Waals surface area (Å²) < 4.78 is 5.58. The molecular weight excluding hydrogens is 240 g/mol. The van der Waals surface area contributed by atoms with Gasteiger partial charge in [0.25, 0.3) is 5.91 Å². The van der Waals surface area contributed by atoms with Crippen molar-refractivity contribution in [3.63, 3.8) is 0 Å². The zero-order valence-corrected chi connectivity index (χ0v) is 11.0. The third kappa shape index (κ3) is 2.65. The van der Waals surface area contributed by atoms with E-state index in [1.165, 1.54) is 5.56 Å². The summed E-state index contributed by atoms with van der Waals surface area (Å²) >= 11 is 0. The fourth-order valence-electron chi connectivity index (χ4n) is 2.96. The van der Waals surface area contributed by atoms with Gasteiger partial charge in [0, 0.05) is 19.6 Å². The van der Waals surface area contributed by atoms with Crippen LogP contribution in [0.15, 0.2) is 30.3 Å². The van der Waals surface area contributed by atoms with Crippen LogP contribution < -0.4 is 5.32 Å². The fourth-order valence-corrected chi connectivity index (χ4v) is 2.96. The molecule has 0 bridgehead atoms. The Bertz CT molecular complexity index is 429. The summed E-state index contributed by atoms with van der Waals surface area (Å²) in [5.74, 6) is 0.138. The Morgan fingerprint density at radius 3 is 2.89 bits per heavy atom. The maximum Gasteiger partial charge on any atom is 0.253 e. The molecule has 2 saturated heterocycles. The second-order valence-electron chi connectivity index (χ2n) is 5.16. The SMILES string of the molecule is O=C(C1CNCCO1)N1CCCC1c1ccccc1. The summed E-state index contributed by atoms with van der Waals surface area (Å²) in [6.07, 6.45) is 1.82. The van der Waals surface area contributed by atoms with Crippen molar-refractivity contribution in [1.29, 1.82) is 0 Å². The van der Waals surface area contributed by atoms with Gasteiger partial charge >= 0.3 is 0 Å². The van der Waals surface area contributed by atoms with Gasteiger partial charge in [0.15, 0.2) is 0 Å². The van der Waals surface area contributed by atoms with Gasteiger partial charge in [0.2, 0.25) is 0 Å². The molecule has 4 nitrogen and oxygen atoms in total. The van der Waals surface area contributed by atoms with Crippen LogP contribution in [0.1, 0.15) is 24.4 Å². The Kier molecular flexibility index (Phi) is 3.80. The van der Waals surface area contributed by atoms with Crippen LogP contribution in [0.25, 0.3) is 0 Å². The topological polar surface area (TPSA) is 41.6 Å². The minimum Gasteiger partial charge on any atom is -0.366 e. The van der Waals surface area contributed by atoms with E-state index in [2.05, 4.69) is 17.4 Å². The van der Waals surface area contributed by atoms with Crippen LogP contribution in [-0.4, -0.2) is 43.2 Å². The number of likely N-dealkylation sites (tertiary alicyclic amines) is 1. The zero-order chi connectivity index (χ0) is 13.1. The Labute approximate surface area is 113 Å². The highest BCUT2D eigenvalue weighted by Gasteiger charge is 2.34. The number of nitrogens with zero attached hydrogens (tertiary/aromatic N) is 1. The molecule has 2 aliphatic heterocycles. The third-order valence-corrected chi connectivity index (χ3v) is 3.92. The monoisotopic (exact) mass is 260 g/mol. The molecule has 1 aromatic rings. The standard InChI is InChI=1S/C15H20N2O2/c18-15(14-11-16-8-10-19-14)17-9-4-7-13(17)12-5-2-1-3-6-12/h1-3,5-6,13-14,16H,4,7-11H2. The van der Waals surface area contributed by atoms with Crippen molar-refractivity contribution in [2.45, 2.75) is 25.0 Å². The highest BCUT2D eigenvalue weighted by Crippen LogP contribution is 2.32. The molecule has 0 radical (unpaired) electrons. The van der Waals surface area contributed by atoms with Gasteiger partial charge in [-0.05, 0) is 18.4 Å². The van der Waals surface area contributed by atoms with Gasteiger partial charge in [-0.25, -0.2) is 0 Å². The second-order valence-corrected chi connectivity index (χ2v) is 5.16. The number of ether oxygens (including phenoxy) is 1. The fraction of sp³-hybridized carbons (Fsp3) is 0.533. The van der Waals surface area contributed by atoms with E-state index in [-0.39, 0.29) is 18.1 Å². The molecule has 2 atom stereocenters. The number of carbonyl (C=O) groups excluding carboxylic acids is 1. The van der Waals surface area contributed by atoms with Crippen LogP contribution in [0, 0.1) is 0 Å². The summed E-state index contributed by atoms with van der Waals surface area (Å²) in [6.45, 7) is 2.95. The van der Waals surface area contributed by atoms with E-state index < -0.39 is 0 Å². The lowest BCUT2D eigenvalue weighted by atomic mass is 10.0. The predicted molar refractivity (Wildman–Crippen MR) is 72.7 cm³/mol. The Morgan fingerprint density at radius 1 is 1.32 bits per heavy atom. The van der Waals surface area contributed by atoms with Crippen LogP contribution in [0.5, 0.6) is 0 Å². The van der Waals surface area contributed by atoms with Crippen molar-refractivity contribution in [1.82, 2.24) is 10.2 Å². The Balaban J connectivity index is 1.74. The summed E-state index contributed by atoms with van der Waals surface area (Å²) in [6, 6.07) is 10.5. The maximum atomic E-state index is 12.5. The lowest BCUT2D eigenvalue weighted by Gasteiger charge is -2.31. The molecule has 2 heterocycles. The molecule has 19 heavy (non-hydrogen) atoms. The zero-order valence-electron chi connectivity index (χ0n) is 11.0. The highest BCUT2D eigenvalue weighted by atomic mass is 16.5. The number of amides is 1. The van der Waals surface area contributed by atoms with Crippen molar-refractivity contribution in [3.8, 4) is 0 Å². The first kappa shape index (κ1) is 12.6. The van der Waals surface area contributed by atoms with E-state index in [9.17, 15) is 4.79 Å². The molecule has 102 valence electrons. The summed E-state index contributed by atoms with van der Waals surface area (Å²) in [5, 5.41) is 3.22. The Morgan fingerprint density at radius 2 is 2.16 bits per heavy atom. The molecular formula is C15H20N2O2. The number of nitrogens with one attached hydrogen (secondary N) is 1. The summed E-state index contributed by atoms with van der Waals surface area (Å²) in [7, 11) is 0. The quantitative estimate of drug-likeness (QED) is 0.872. The van der Waals surface area contributed by atoms with Crippen LogP contribution in [0.3, 0.4) is 0 Å².